The number of hydrogen-bond donors (Lipinski definition) is 1. The number of fused-ring (bicyclic) bond motifs is 1. The second-order valence-corrected chi connectivity index (χ2v) is 3.78. The van der Waals surface area contributed by atoms with Crippen LogP contribution in [-0.4, -0.2) is 11.4 Å². The van der Waals surface area contributed by atoms with Crippen molar-refractivity contribution in [2.75, 3.05) is 5.32 Å². The standard InChI is InChI=1S/C8H5ClN2OS/c9-5-2-1-3-6-7(5)13-8(11-6)10-4-12/h1-4H,(H,10,11,12). The average Bonchev–Trinajstić information content (AvgIpc) is 2.49. The molecule has 0 aliphatic carbocycles. The van der Waals surface area contributed by atoms with Crippen LogP contribution in [0.2, 0.25) is 5.02 Å². The van der Waals surface area contributed by atoms with Crippen LogP contribution in [0.4, 0.5) is 5.13 Å². The first-order valence-electron chi connectivity index (χ1n) is 3.56. The third kappa shape index (κ3) is 1.50. The predicted molar refractivity (Wildman–Crippen MR) is 54.3 cm³/mol. The summed E-state index contributed by atoms with van der Waals surface area (Å²) in [5.41, 5.74) is 0.807. The largest absolute Gasteiger partial charge is 0.305 e. The van der Waals surface area contributed by atoms with Crippen LogP contribution in [0.25, 0.3) is 10.2 Å². The number of aromatic nitrogens is 1. The highest BCUT2D eigenvalue weighted by Gasteiger charge is 2.04. The van der Waals surface area contributed by atoms with Gasteiger partial charge in [-0.3, -0.25) is 4.79 Å². The topological polar surface area (TPSA) is 42.0 Å². The Hall–Kier alpha value is -1.13. The van der Waals surface area contributed by atoms with E-state index in [1.165, 1.54) is 11.3 Å². The number of benzene rings is 1. The zero-order valence-electron chi connectivity index (χ0n) is 6.45. The predicted octanol–water partition coefficient (Wildman–Crippen LogP) is 2.52. The van der Waals surface area contributed by atoms with Crippen molar-refractivity contribution in [1.82, 2.24) is 4.98 Å². The summed E-state index contributed by atoms with van der Waals surface area (Å²) >= 11 is 7.29. The Morgan fingerprint density at radius 1 is 1.54 bits per heavy atom. The molecule has 0 fully saturated rings. The second kappa shape index (κ2) is 3.32. The molecular weight excluding hydrogens is 208 g/mol. The molecule has 13 heavy (non-hydrogen) atoms. The fourth-order valence-corrected chi connectivity index (χ4v) is 2.14. The van der Waals surface area contributed by atoms with Crippen LogP contribution >= 0.6 is 22.9 Å². The Morgan fingerprint density at radius 3 is 3.08 bits per heavy atom. The zero-order chi connectivity index (χ0) is 9.26. The number of halogens is 1. The van der Waals surface area contributed by atoms with Crippen LogP contribution < -0.4 is 5.32 Å². The minimum absolute atomic E-state index is 0.568. The van der Waals surface area contributed by atoms with E-state index in [1.807, 2.05) is 12.1 Å². The van der Waals surface area contributed by atoms with E-state index in [0.29, 0.717) is 16.6 Å². The molecule has 2 rings (SSSR count). The number of anilines is 1. The maximum Gasteiger partial charge on any atom is 0.213 e. The summed E-state index contributed by atoms with van der Waals surface area (Å²) in [4.78, 5) is 14.3. The van der Waals surface area contributed by atoms with Crippen molar-refractivity contribution in [3.05, 3.63) is 23.2 Å². The SMILES string of the molecule is O=CNc1nc2cccc(Cl)c2s1. The molecule has 0 saturated heterocycles. The van der Waals surface area contributed by atoms with E-state index in [0.717, 1.165) is 10.2 Å². The van der Waals surface area contributed by atoms with Gasteiger partial charge in [-0.25, -0.2) is 4.98 Å². The summed E-state index contributed by atoms with van der Waals surface area (Å²) in [7, 11) is 0. The molecule has 0 saturated carbocycles. The van der Waals surface area contributed by atoms with E-state index < -0.39 is 0 Å². The fourth-order valence-electron chi connectivity index (χ4n) is 1.03. The van der Waals surface area contributed by atoms with Crippen molar-refractivity contribution < 1.29 is 4.79 Å². The van der Waals surface area contributed by atoms with Crippen molar-refractivity contribution in [3.8, 4) is 0 Å². The summed E-state index contributed by atoms with van der Waals surface area (Å²) < 4.78 is 0.897. The van der Waals surface area contributed by atoms with Crippen LogP contribution in [0.15, 0.2) is 18.2 Å². The molecule has 0 radical (unpaired) electrons. The molecule has 0 bridgehead atoms. The monoisotopic (exact) mass is 212 g/mol. The molecule has 1 aromatic carbocycles. The third-order valence-corrected chi connectivity index (χ3v) is 3.01. The van der Waals surface area contributed by atoms with E-state index in [1.54, 1.807) is 6.07 Å². The summed E-state index contributed by atoms with van der Waals surface area (Å²) in [5, 5.41) is 3.72. The van der Waals surface area contributed by atoms with Crippen molar-refractivity contribution in [2.45, 2.75) is 0 Å². The Morgan fingerprint density at radius 2 is 2.38 bits per heavy atom. The van der Waals surface area contributed by atoms with Crippen molar-refractivity contribution in [1.29, 1.82) is 0 Å². The Kier molecular flexibility index (Phi) is 2.16. The van der Waals surface area contributed by atoms with Crippen molar-refractivity contribution in [2.24, 2.45) is 0 Å². The maximum absolute atomic E-state index is 10.2. The summed E-state index contributed by atoms with van der Waals surface area (Å²) in [6.07, 6.45) is 0.603. The maximum atomic E-state index is 10.2. The molecule has 1 aromatic heterocycles. The number of thiazole rings is 1. The van der Waals surface area contributed by atoms with Gasteiger partial charge in [-0.15, -0.1) is 0 Å². The molecule has 2 aromatic rings. The molecule has 3 nitrogen and oxygen atoms in total. The van der Waals surface area contributed by atoms with Gasteiger partial charge in [0.15, 0.2) is 5.13 Å². The number of hydrogen-bond acceptors (Lipinski definition) is 3. The highest BCUT2D eigenvalue weighted by Crippen LogP contribution is 2.31. The Labute approximate surface area is 83.4 Å². The van der Waals surface area contributed by atoms with E-state index in [2.05, 4.69) is 10.3 Å². The second-order valence-electron chi connectivity index (χ2n) is 2.37. The highest BCUT2D eigenvalue weighted by molar-refractivity contribution is 7.22. The number of carbonyl (C=O) groups is 1. The van der Waals surface area contributed by atoms with E-state index in [-0.39, 0.29) is 0 Å². The molecule has 1 amide bonds. The normalized spacial score (nSPS) is 10.2. The highest BCUT2D eigenvalue weighted by atomic mass is 35.5. The summed E-state index contributed by atoms with van der Waals surface area (Å²) in [5.74, 6) is 0. The Balaban J connectivity index is 2.61. The van der Waals surface area contributed by atoms with Crippen molar-refractivity contribution in [3.63, 3.8) is 0 Å². The van der Waals surface area contributed by atoms with Gasteiger partial charge in [0.25, 0.3) is 0 Å². The average molecular weight is 213 g/mol. The minimum atomic E-state index is 0.568. The van der Waals surface area contributed by atoms with Gasteiger partial charge >= 0.3 is 0 Å². The van der Waals surface area contributed by atoms with E-state index >= 15 is 0 Å². The van der Waals surface area contributed by atoms with Crippen LogP contribution in [0, 0.1) is 0 Å². The minimum Gasteiger partial charge on any atom is -0.305 e. The van der Waals surface area contributed by atoms with Gasteiger partial charge in [-0.1, -0.05) is 29.0 Å². The van der Waals surface area contributed by atoms with Crippen LogP contribution in [0.5, 0.6) is 0 Å². The number of carbonyl (C=O) groups excluding carboxylic acids is 1. The summed E-state index contributed by atoms with van der Waals surface area (Å²) in [6.45, 7) is 0. The molecule has 1 heterocycles. The van der Waals surface area contributed by atoms with Gasteiger partial charge in [0.1, 0.15) is 0 Å². The van der Waals surface area contributed by atoms with Gasteiger partial charge in [0.05, 0.1) is 15.2 Å². The quantitative estimate of drug-likeness (QED) is 0.778. The van der Waals surface area contributed by atoms with Gasteiger partial charge in [0, 0.05) is 0 Å². The molecule has 0 aliphatic heterocycles. The first kappa shape index (κ1) is 8.47. The molecule has 66 valence electrons. The van der Waals surface area contributed by atoms with E-state index in [4.69, 9.17) is 11.6 Å². The van der Waals surface area contributed by atoms with Gasteiger partial charge in [0.2, 0.25) is 6.41 Å². The molecule has 0 atom stereocenters. The van der Waals surface area contributed by atoms with Gasteiger partial charge in [-0.05, 0) is 12.1 Å². The number of rotatable bonds is 2. The van der Waals surface area contributed by atoms with E-state index in [9.17, 15) is 4.79 Å². The summed E-state index contributed by atoms with van der Waals surface area (Å²) in [6, 6.07) is 5.48. The zero-order valence-corrected chi connectivity index (χ0v) is 8.02. The molecule has 0 unspecified atom stereocenters. The molecule has 0 spiro atoms. The van der Waals surface area contributed by atoms with Crippen LogP contribution in [-0.2, 0) is 4.79 Å². The van der Waals surface area contributed by atoms with Crippen LogP contribution in [0.1, 0.15) is 0 Å². The lowest BCUT2D eigenvalue weighted by atomic mass is 10.3. The lowest BCUT2D eigenvalue weighted by Crippen LogP contribution is -1.91. The first-order valence-corrected chi connectivity index (χ1v) is 4.76. The van der Waals surface area contributed by atoms with Crippen molar-refractivity contribution >= 4 is 44.7 Å². The number of nitrogens with one attached hydrogen (secondary N) is 1. The third-order valence-electron chi connectivity index (χ3n) is 1.55. The smallest absolute Gasteiger partial charge is 0.213 e. The molecule has 1 N–H and O–H groups in total. The molecular formula is C8H5ClN2OS. The van der Waals surface area contributed by atoms with Crippen LogP contribution in [0.3, 0.4) is 0 Å². The van der Waals surface area contributed by atoms with Gasteiger partial charge in [-0.2, -0.15) is 0 Å². The Bertz CT molecular complexity index is 454. The molecule has 5 heteroatoms. The fraction of sp³-hybridized carbons (Fsp3) is 0. The lowest BCUT2D eigenvalue weighted by molar-refractivity contribution is -0.105. The first-order chi connectivity index (χ1) is 6.31. The molecule has 0 aliphatic rings. The lowest BCUT2D eigenvalue weighted by Gasteiger charge is -1.87. The number of amides is 1. The number of nitrogens with zero attached hydrogens (tertiary/aromatic N) is 1. The van der Waals surface area contributed by atoms with Gasteiger partial charge < -0.3 is 5.32 Å².